The topological polar surface area (TPSA) is 42.8 Å². The van der Waals surface area contributed by atoms with Crippen molar-refractivity contribution in [3.05, 3.63) is 101 Å². The second kappa shape index (κ2) is 9.33. The van der Waals surface area contributed by atoms with Gasteiger partial charge in [-0.1, -0.05) is 84.4 Å². The quantitative estimate of drug-likeness (QED) is 0.496. The highest BCUT2D eigenvalue weighted by molar-refractivity contribution is 6.32. The molecule has 0 unspecified atom stereocenters. The standard InChI is InChI=1S/C25H25ClN2O2/c1-25(20-12-6-3-7-13-20)24(19-10-4-2-5-11-19)27-23(28-25)18-29-16-17-30-22-15-9-8-14-21(22)26/h2-15,24H,16-18H2,1H3,(H,27,28)/t24-,25+/m1/s1. The number of hydrogen-bond acceptors (Lipinski definition) is 4. The van der Waals surface area contributed by atoms with Crippen molar-refractivity contribution in [1.82, 2.24) is 5.32 Å². The van der Waals surface area contributed by atoms with Crippen LogP contribution in [-0.2, 0) is 10.3 Å². The van der Waals surface area contributed by atoms with Gasteiger partial charge >= 0.3 is 0 Å². The average Bonchev–Trinajstić information content (AvgIpc) is 3.13. The first kappa shape index (κ1) is 20.5. The van der Waals surface area contributed by atoms with Crippen molar-refractivity contribution in [2.24, 2.45) is 4.99 Å². The molecule has 0 aromatic heterocycles. The molecule has 1 aliphatic heterocycles. The number of amidine groups is 1. The molecule has 4 nitrogen and oxygen atoms in total. The summed E-state index contributed by atoms with van der Waals surface area (Å²) in [4.78, 5) is 4.98. The lowest BCUT2D eigenvalue weighted by Crippen LogP contribution is -2.42. The number of aliphatic imine (C=N–C) groups is 1. The Morgan fingerprint density at radius 3 is 2.30 bits per heavy atom. The fraction of sp³-hybridized carbons (Fsp3) is 0.240. The molecule has 0 aliphatic carbocycles. The molecule has 3 aromatic carbocycles. The molecule has 1 N–H and O–H groups in total. The Kier molecular flexibility index (Phi) is 6.36. The number of benzene rings is 3. The zero-order chi connectivity index (χ0) is 20.8. The van der Waals surface area contributed by atoms with Crippen LogP contribution in [0, 0.1) is 0 Å². The number of ether oxygens (including phenoxy) is 2. The Hall–Kier alpha value is -2.82. The first-order chi connectivity index (χ1) is 14.7. The third kappa shape index (κ3) is 4.50. The van der Waals surface area contributed by atoms with Crippen LogP contribution < -0.4 is 10.1 Å². The largest absolute Gasteiger partial charge is 0.490 e. The SMILES string of the molecule is C[C@@]1(c2ccccc2)NC(COCCOc2ccccc2Cl)=N[C@@H]1c1ccccc1. The minimum atomic E-state index is -0.338. The molecule has 0 bridgehead atoms. The summed E-state index contributed by atoms with van der Waals surface area (Å²) in [6, 6.07) is 28.2. The van der Waals surface area contributed by atoms with E-state index in [2.05, 4.69) is 60.8 Å². The van der Waals surface area contributed by atoms with Crippen molar-refractivity contribution >= 4 is 17.4 Å². The number of hydrogen-bond donors (Lipinski definition) is 1. The number of rotatable bonds is 8. The third-order valence-electron chi connectivity index (χ3n) is 5.29. The van der Waals surface area contributed by atoms with E-state index in [1.807, 2.05) is 36.4 Å². The lowest BCUT2D eigenvalue weighted by Gasteiger charge is -2.32. The van der Waals surface area contributed by atoms with E-state index in [0.717, 1.165) is 5.84 Å². The van der Waals surface area contributed by atoms with Gasteiger partial charge in [-0.25, -0.2) is 0 Å². The first-order valence-corrected chi connectivity index (χ1v) is 10.4. The van der Waals surface area contributed by atoms with E-state index in [4.69, 9.17) is 26.1 Å². The maximum atomic E-state index is 6.11. The number of nitrogens with zero attached hydrogens (tertiary/aromatic N) is 1. The molecule has 4 rings (SSSR count). The van der Waals surface area contributed by atoms with E-state index in [-0.39, 0.29) is 11.6 Å². The fourth-order valence-electron chi connectivity index (χ4n) is 3.76. The predicted molar refractivity (Wildman–Crippen MR) is 121 cm³/mol. The summed E-state index contributed by atoms with van der Waals surface area (Å²) in [6.45, 7) is 3.47. The Morgan fingerprint density at radius 2 is 1.57 bits per heavy atom. The molecule has 0 fully saturated rings. The second-order valence-electron chi connectivity index (χ2n) is 7.41. The van der Waals surface area contributed by atoms with Crippen LogP contribution in [0.4, 0.5) is 0 Å². The van der Waals surface area contributed by atoms with Gasteiger partial charge in [-0.3, -0.25) is 4.99 Å². The van der Waals surface area contributed by atoms with E-state index in [1.165, 1.54) is 11.1 Å². The van der Waals surface area contributed by atoms with E-state index >= 15 is 0 Å². The molecule has 0 saturated carbocycles. The summed E-state index contributed by atoms with van der Waals surface area (Å²) in [5, 5.41) is 4.21. The molecule has 0 radical (unpaired) electrons. The van der Waals surface area contributed by atoms with E-state index < -0.39 is 0 Å². The van der Waals surface area contributed by atoms with Gasteiger partial charge in [0, 0.05) is 0 Å². The minimum absolute atomic E-state index is 0.0286. The van der Waals surface area contributed by atoms with Crippen LogP contribution in [-0.4, -0.2) is 25.7 Å². The Morgan fingerprint density at radius 1 is 0.900 bits per heavy atom. The summed E-state index contributed by atoms with van der Waals surface area (Å²) in [7, 11) is 0. The van der Waals surface area contributed by atoms with Crippen LogP contribution >= 0.6 is 11.6 Å². The number of para-hydroxylation sites is 1. The smallest absolute Gasteiger partial charge is 0.138 e. The van der Waals surface area contributed by atoms with Gasteiger partial charge in [0.25, 0.3) is 0 Å². The molecule has 5 heteroatoms. The summed E-state index contributed by atoms with van der Waals surface area (Å²) in [5.74, 6) is 1.51. The monoisotopic (exact) mass is 420 g/mol. The average molecular weight is 421 g/mol. The van der Waals surface area contributed by atoms with Gasteiger partial charge < -0.3 is 14.8 Å². The maximum Gasteiger partial charge on any atom is 0.138 e. The van der Waals surface area contributed by atoms with E-state index in [0.29, 0.717) is 30.6 Å². The van der Waals surface area contributed by atoms with Gasteiger partial charge in [0.2, 0.25) is 0 Å². The molecule has 30 heavy (non-hydrogen) atoms. The van der Waals surface area contributed by atoms with E-state index in [9.17, 15) is 0 Å². The highest BCUT2D eigenvalue weighted by Gasteiger charge is 2.42. The van der Waals surface area contributed by atoms with Crippen molar-refractivity contribution in [3.63, 3.8) is 0 Å². The molecular weight excluding hydrogens is 396 g/mol. The van der Waals surface area contributed by atoms with Crippen LogP contribution in [0.1, 0.15) is 24.1 Å². The molecule has 1 aliphatic rings. The first-order valence-electron chi connectivity index (χ1n) is 10.1. The summed E-state index contributed by atoms with van der Waals surface area (Å²) in [5.41, 5.74) is 2.03. The van der Waals surface area contributed by atoms with Crippen molar-refractivity contribution < 1.29 is 9.47 Å². The van der Waals surface area contributed by atoms with Gasteiger partial charge in [0.05, 0.1) is 17.2 Å². The highest BCUT2D eigenvalue weighted by atomic mass is 35.5. The van der Waals surface area contributed by atoms with Crippen LogP contribution in [0.2, 0.25) is 5.02 Å². The molecular formula is C25H25ClN2O2. The van der Waals surface area contributed by atoms with Crippen LogP contribution in [0.5, 0.6) is 5.75 Å². The van der Waals surface area contributed by atoms with Gasteiger partial charge in [0.15, 0.2) is 0 Å². The van der Waals surface area contributed by atoms with Crippen molar-refractivity contribution in [1.29, 1.82) is 0 Å². The molecule has 3 aromatic rings. The van der Waals surface area contributed by atoms with Gasteiger partial charge in [-0.2, -0.15) is 0 Å². The Balaban J connectivity index is 1.40. The zero-order valence-corrected chi connectivity index (χ0v) is 17.7. The van der Waals surface area contributed by atoms with Crippen molar-refractivity contribution in [3.8, 4) is 5.75 Å². The van der Waals surface area contributed by atoms with Gasteiger partial charge in [0.1, 0.15) is 30.8 Å². The van der Waals surface area contributed by atoms with Crippen molar-refractivity contribution in [2.75, 3.05) is 19.8 Å². The lowest BCUT2D eigenvalue weighted by molar-refractivity contribution is 0.126. The minimum Gasteiger partial charge on any atom is -0.490 e. The van der Waals surface area contributed by atoms with E-state index in [1.54, 1.807) is 0 Å². The molecule has 0 amide bonds. The molecule has 154 valence electrons. The van der Waals surface area contributed by atoms with Crippen LogP contribution in [0.3, 0.4) is 0 Å². The normalized spacial score (nSPS) is 20.5. The summed E-state index contributed by atoms with van der Waals surface area (Å²) < 4.78 is 11.5. The van der Waals surface area contributed by atoms with Crippen LogP contribution in [0.15, 0.2) is 89.9 Å². The second-order valence-corrected chi connectivity index (χ2v) is 7.82. The Labute approximate surface area is 182 Å². The number of nitrogens with one attached hydrogen (secondary N) is 1. The maximum absolute atomic E-state index is 6.11. The predicted octanol–water partition coefficient (Wildman–Crippen LogP) is 5.39. The summed E-state index contributed by atoms with van der Waals surface area (Å²) >= 11 is 6.11. The fourth-order valence-corrected chi connectivity index (χ4v) is 3.95. The molecule has 1 heterocycles. The van der Waals surface area contributed by atoms with Crippen molar-refractivity contribution in [2.45, 2.75) is 18.5 Å². The lowest BCUT2D eigenvalue weighted by atomic mass is 9.82. The summed E-state index contributed by atoms with van der Waals surface area (Å²) in [6.07, 6.45) is 0. The van der Waals surface area contributed by atoms with Crippen LogP contribution in [0.25, 0.3) is 0 Å². The third-order valence-corrected chi connectivity index (χ3v) is 5.60. The molecule has 0 spiro atoms. The molecule has 2 atom stereocenters. The van der Waals surface area contributed by atoms with Gasteiger partial charge in [-0.05, 0) is 30.2 Å². The zero-order valence-electron chi connectivity index (χ0n) is 16.9. The highest BCUT2D eigenvalue weighted by Crippen LogP contribution is 2.41. The Bertz CT molecular complexity index is 994. The molecule has 0 saturated heterocycles. The van der Waals surface area contributed by atoms with Gasteiger partial charge in [-0.15, -0.1) is 0 Å². The number of halogens is 1.